The smallest absolute Gasteiger partial charge is 0.321 e. The number of rotatable bonds is 8. The van der Waals surface area contributed by atoms with Gasteiger partial charge < -0.3 is 39.5 Å². The number of carbonyl (C=O) groups is 2. The number of anilines is 1. The highest BCUT2D eigenvalue weighted by Crippen LogP contribution is 2.42. The predicted octanol–water partition coefficient (Wildman–Crippen LogP) is 6.60. The normalized spacial score (nSPS) is 21.7. The molecule has 4 aliphatic rings. The van der Waals surface area contributed by atoms with Crippen LogP contribution in [0.25, 0.3) is 33.5 Å². The Hall–Kier alpha value is -5.03. The van der Waals surface area contributed by atoms with E-state index in [0.29, 0.717) is 53.6 Å². The van der Waals surface area contributed by atoms with Crippen LogP contribution in [0, 0.1) is 11.8 Å². The van der Waals surface area contributed by atoms with Crippen LogP contribution in [0.4, 0.5) is 10.5 Å². The molecule has 11 nitrogen and oxygen atoms in total. The van der Waals surface area contributed by atoms with Crippen LogP contribution in [-0.2, 0) is 13.6 Å². The van der Waals surface area contributed by atoms with Gasteiger partial charge in [-0.3, -0.25) is 4.79 Å². The molecular weight excluding hydrogens is 654 g/mol. The molecule has 5 aromatic rings. The van der Waals surface area contributed by atoms with Crippen LogP contribution >= 0.6 is 0 Å². The molecule has 2 saturated heterocycles. The van der Waals surface area contributed by atoms with E-state index in [1.165, 1.54) is 29.3 Å². The molecule has 3 amide bonds. The minimum absolute atomic E-state index is 0.00543. The second-order valence-corrected chi connectivity index (χ2v) is 15.2. The standard InChI is InChI=1S/C41H47N7O4/c1-45-38-31(19-28(21-35(38)52-3)40(49)48-23-27-13-14-32(48)36(27)42)43-39(45)33-20-26-7-6-8-29(37(26)47(33)22-24-11-12-24)25-15-17-46(18-16-25)41(50)44-30-9-4-5-10-34(30)51-2/h4-10,19-21,24-25,27,32,36H,11-18,22-23,42H2,1-3H3,(H,44,50)/t27-,32-,36-/m1/s1. The van der Waals surface area contributed by atoms with E-state index in [2.05, 4.69) is 38.7 Å². The largest absolute Gasteiger partial charge is 0.495 e. The van der Waals surface area contributed by atoms with Crippen LogP contribution in [0.15, 0.2) is 60.7 Å². The van der Waals surface area contributed by atoms with Gasteiger partial charge in [0.1, 0.15) is 17.0 Å². The van der Waals surface area contributed by atoms with Gasteiger partial charge in [0.2, 0.25) is 0 Å². The van der Waals surface area contributed by atoms with E-state index in [-0.39, 0.29) is 24.0 Å². The fraction of sp³-hybridized carbons (Fsp3) is 0.439. The second-order valence-electron chi connectivity index (χ2n) is 15.2. The van der Waals surface area contributed by atoms with Crippen molar-refractivity contribution >= 4 is 39.6 Å². The maximum atomic E-state index is 13.9. The summed E-state index contributed by atoms with van der Waals surface area (Å²) in [5.41, 5.74) is 13.0. The minimum atomic E-state index is -0.0982. The first-order valence-electron chi connectivity index (χ1n) is 18.8. The molecule has 270 valence electrons. The van der Waals surface area contributed by atoms with Gasteiger partial charge in [-0.2, -0.15) is 0 Å². The van der Waals surface area contributed by atoms with Gasteiger partial charge in [-0.1, -0.05) is 30.3 Å². The number of nitrogens with two attached hydrogens (primary N) is 1. The average Bonchev–Trinajstić information content (AvgIpc) is 3.56. The van der Waals surface area contributed by atoms with Gasteiger partial charge in [0, 0.05) is 56.3 Å². The number of aryl methyl sites for hydroxylation is 1. The molecular formula is C41H47N7O4. The average molecular weight is 702 g/mol. The zero-order valence-electron chi connectivity index (χ0n) is 30.2. The Labute approximate surface area is 303 Å². The van der Waals surface area contributed by atoms with Crippen molar-refractivity contribution in [2.75, 3.05) is 39.2 Å². The first kappa shape index (κ1) is 32.8. The highest BCUT2D eigenvalue weighted by Gasteiger charge is 2.47. The van der Waals surface area contributed by atoms with E-state index in [0.717, 1.165) is 61.3 Å². The Morgan fingerprint density at radius 1 is 0.904 bits per heavy atom. The Bertz CT molecular complexity index is 2190. The number of fused-ring (bicyclic) bond motifs is 4. The van der Waals surface area contributed by atoms with Crippen LogP contribution in [-0.4, -0.2) is 81.8 Å². The van der Waals surface area contributed by atoms with Gasteiger partial charge in [-0.05, 0) is 92.2 Å². The Morgan fingerprint density at radius 2 is 1.69 bits per heavy atom. The molecule has 11 heteroatoms. The topological polar surface area (TPSA) is 120 Å². The number of aromatic nitrogens is 3. The van der Waals surface area contributed by atoms with Crippen molar-refractivity contribution < 1.29 is 19.1 Å². The quantitative estimate of drug-likeness (QED) is 0.188. The van der Waals surface area contributed by atoms with Crippen LogP contribution in [0.5, 0.6) is 11.5 Å². The van der Waals surface area contributed by atoms with Gasteiger partial charge in [0.15, 0.2) is 5.82 Å². The summed E-state index contributed by atoms with van der Waals surface area (Å²) in [5, 5.41) is 4.24. The summed E-state index contributed by atoms with van der Waals surface area (Å²) < 4.78 is 16.0. The number of hydrogen-bond donors (Lipinski definition) is 2. The van der Waals surface area contributed by atoms with E-state index in [1.54, 1.807) is 14.2 Å². The first-order valence-corrected chi connectivity index (χ1v) is 18.8. The van der Waals surface area contributed by atoms with E-state index in [1.807, 2.05) is 53.2 Å². The van der Waals surface area contributed by atoms with E-state index < -0.39 is 0 Å². The molecule has 4 heterocycles. The van der Waals surface area contributed by atoms with Crippen molar-refractivity contribution in [3.8, 4) is 23.0 Å². The lowest BCUT2D eigenvalue weighted by atomic mass is 9.88. The molecule has 3 atom stereocenters. The Balaban J connectivity index is 1.03. The van der Waals surface area contributed by atoms with E-state index in [4.69, 9.17) is 20.2 Å². The number of benzene rings is 3. The van der Waals surface area contributed by atoms with Gasteiger partial charge in [-0.25, -0.2) is 9.78 Å². The number of imidazole rings is 1. The molecule has 0 spiro atoms. The maximum absolute atomic E-state index is 13.9. The zero-order valence-corrected chi connectivity index (χ0v) is 30.2. The lowest BCUT2D eigenvalue weighted by Gasteiger charge is -2.33. The van der Waals surface area contributed by atoms with Crippen LogP contribution in [0.2, 0.25) is 0 Å². The van der Waals surface area contributed by atoms with Crippen molar-refractivity contribution in [3.63, 3.8) is 0 Å². The number of methoxy groups -OCH3 is 2. The number of hydrogen-bond acceptors (Lipinski definition) is 6. The fourth-order valence-electron chi connectivity index (χ4n) is 9.22. The number of piperidine rings is 2. The third-order valence-corrected chi connectivity index (χ3v) is 12.2. The van der Waals surface area contributed by atoms with E-state index in [9.17, 15) is 9.59 Å². The molecule has 2 aliphatic heterocycles. The Morgan fingerprint density at radius 3 is 2.40 bits per heavy atom. The molecule has 2 aliphatic carbocycles. The lowest BCUT2D eigenvalue weighted by Crippen LogP contribution is -2.41. The van der Waals surface area contributed by atoms with Gasteiger partial charge >= 0.3 is 6.03 Å². The minimum Gasteiger partial charge on any atom is -0.495 e. The number of nitrogens with zero attached hydrogens (tertiary/aromatic N) is 5. The molecule has 0 unspecified atom stereocenters. The van der Waals surface area contributed by atoms with Gasteiger partial charge in [0.25, 0.3) is 5.91 Å². The molecule has 2 saturated carbocycles. The summed E-state index contributed by atoms with van der Waals surface area (Å²) >= 11 is 0. The third kappa shape index (κ3) is 5.48. The maximum Gasteiger partial charge on any atom is 0.321 e. The SMILES string of the molecule is COc1ccccc1NC(=O)N1CCC(c2cccc3cc(-c4nc5cc(C(=O)N6C[C@H]7CC[C@@H]6[C@@H]7N)cc(OC)c5n4C)n(CC4CC4)c23)CC1. The van der Waals surface area contributed by atoms with Crippen LogP contribution < -0.4 is 20.5 Å². The predicted molar refractivity (Wildman–Crippen MR) is 202 cm³/mol. The number of para-hydroxylation sites is 3. The number of amides is 3. The second kappa shape index (κ2) is 12.9. The summed E-state index contributed by atoms with van der Waals surface area (Å²) in [6, 6.07) is 20.3. The number of likely N-dealkylation sites (tertiary alicyclic amines) is 2. The van der Waals surface area contributed by atoms with Gasteiger partial charge in [-0.15, -0.1) is 0 Å². The molecule has 3 aromatic carbocycles. The van der Waals surface area contributed by atoms with Crippen LogP contribution in [0.1, 0.15) is 60.4 Å². The first-order chi connectivity index (χ1) is 25.3. The fourth-order valence-corrected chi connectivity index (χ4v) is 9.22. The van der Waals surface area contributed by atoms with Crippen molar-refractivity contribution in [2.24, 2.45) is 24.6 Å². The summed E-state index contributed by atoms with van der Waals surface area (Å²) in [6.45, 7) is 3.00. The summed E-state index contributed by atoms with van der Waals surface area (Å²) in [7, 11) is 5.31. The monoisotopic (exact) mass is 701 g/mol. The van der Waals surface area contributed by atoms with Crippen molar-refractivity contribution in [1.82, 2.24) is 23.9 Å². The summed E-state index contributed by atoms with van der Waals surface area (Å²) in [6.07, 6.45) is 6.28. The highest BCUT2D eigenvalue weighted by atomic mass is 16.5. The van der Waals surface area contributed by atoms with E-state index >= 15 is 0 Å². The highest BCUT2D eigenvalue weighted by molar-refractivity contribution is 6.01. The number of urea groups is 1. The van der Waals surface area contributed by atoms with Gasteiger partial charge in [0.05, 0.1) is 36.6 Å². The summed E-state index contributed by atoms with van der Waals surface area (Å²) in [5.74, 6) is 3.49. The zero-order chi connectivity index (χ0) is 35.7. The summed E-state index contributed by atoms with van der Waals surface area (Å²) in [4.78, 5) is 36.2. The molecule has 2 aromatic heterocycles. The number of carbonyl (C=O) groups excluding carboxylic acids is 2. The number of ether oxygens (including phenoxy) is 2. The molecule has 52 heavy (non-hydrogen) atoms. The van der Waals surface area contributed by atoms with Crippen molar-refractivity contribution in [3.05, 3.63) is 71.8 Å². The molecule has 4 fully saturated rings. The Kier molecular flexibility index (Phi) is 8.13. The lowest BCUT2D eigenvalue weighted by molar-refractivity contribution is 0.0700. The van der Waals surface area contributed by atoms with Crippen molar-refractivity contribution in [2.45, 2.75) is 63.1 Å². The number of nitrogens with one attached hydrogen (secondary N) is 1. The molecule has 0 radical (unpaired) electrons. The molecule has 9 rings (SSSR count). The molecule has 3 N–H and O–H groups in total. The third-order valence-electron chi connectivity index (χ3n) is 12.2. The molecule has 2 bridgehead atoms. The van der Waals surface area contributed by atoms with Crippen LogP contribution in [0.3, 0.4) is 0 Å². The van der Waals surface area contributed by atoms with Crippen molar-refractivity contribution in [1.29, 1.82) is 0 Å².